The summed E-state index contributed by atoms with van der Waals surface area (Å²) in [6.07, 6.45) is 2.66. The maximum absolute atomic E-state index is 11.5. The van der Waals surface area contributed by atoms with E-state index in [1.807, 2.05) is 20.8 Å². The average Bonchev–Trinajstić information content (AvgIpc) is 3.11. The summed E-state index contributed by atoms with van der Waals surface area (Å²) in [7, 11) is 0. The molecule has 0 heterocycles. The van der Waals surface area contributed by atoms with Gasteiger partial charge in [-0.05, 0) is 50.7 Å². The molecule has 0 bridgehead atoms. The molecule has 19 heavy (non-hydrogen) atoms. The van der Waals surface area contributed by atoms with Crippen LogP contribution in [-0.2, 0) is 16.1 Å². The molecule has 1 N–H and O–H groups in total. The van der Waals surface area contributed by atoms with Gasteiger partial charge in [-0.1, -0.05) is 24.3 Å². The van der Waals surface area contributed by atoms with Gasteiger partial charge in [0.15, 0.2) is 0 Å². The van der Waals surface area contributed by atoms with Crippen LogP contribution in [0, 0.1) is 0 Å². The highest BCUT2D eigenvalue weighted by Crippen LogP contribution is 2.39. The van der Waals surface area contributed by atoms with E-state index in [1.54, 1.807) is 0 Å². The Morgan fingerprint density at radius 3 is 2.42 bits per heavy atom. The molecule has 1 aromatic rings. The van der Waals surface area contributed by atoms with Crippen molar-refractivity contribution in [3.63, 3.8) is 0 Å². The molecule has 3 heteroatoms. The summed E-state index contributed by atoms with van der Waals surface area (Å²) in [6.45, 7) is 6.58. The molecule has 1 aliphatic carbocycles. The van der Waals surface area contributed by atoms with Gasteiger partial charge >= 0.3 is 5.97 Å². The quantitative estimate of drug-likeness (QED) is 0.828. The van der Waals surface area contributed by atoms with E-state index in [1.165, 1.54) is 24.0 Å². The van der Waals surface area contributed by atoms with Crippen LogP contribution >= 0.6 is 0 Å². The fourth-order valence-corrected chi connectivity index (χ4v) is 2.01. The van der Waals surface area contributed by atoms with Crippen LogP contribution in [0.1, 0.15) is 50.7 Å². The van der Waals surface area contributed by atoms with Crippen molar-refractivity contribution in [3.05, 3.63) is 35.4 Å². The van der Waals surface area contributed by atoms with Crippen LogP contribution < -0.4 is 5.32 Å². The fourth-order valence-electron chi connectivity index (χ4n) is 2.01. The first-order chi connectivity index (χ1) is 8.94. The molecule has 0 saturated heterocycles. The van der Waals surface area contributed by atoms with E-state index in [-0.39, 0.29) is 12.5 Å². The van der Waals surface area contributed by atoms with Gasteiger partial charge in [0, 0.05) is 6.54 Å². The Hall–Kier alpha value is -1.35. The van der Waals surface area contributed by atoms with Crippen molar-refractivity contribution in [2.45, 2.75) is 51.7 Å². The molecule has 1 aromatic carbocycles. The molecule has 1 fully saturated rings. The molecule has 104 valence electrons. The molecule has 0 unspecified atom stereocenters. The monoisotopic (exact) mass is 261 g/mol. The SMILES string of the molecule is CC(C)(C)OC(=O)CNCc1ccc(C2CC2)cc1. The number of ether oxygens (including phenoxy) is 1. The number of hydrogen-bond donors (Lipinski definition) is 1. The van der Waals surface area contributed by atoms with Crippen LogP contribution in [0.3, 0.4) is 0 Å². The minimum absolute atomic E-state index is 0.206. The van der Waals surface area contributed by atoms with E-state index < -0.39 is 5.60 Å². The molecule has 2 rings (SSSR count). The molecule has 0 aromatic heterocycles. The van der Waals surface area contributed by atoms with Gasteiger partial charge in [0.2, 0.25) is 0 Å². The van der Waals surface area contributed by atoms with Crippen molar-refractivity contribution in [1.29, 1.82) is 0 Å². The molecular weight excluding hydrogens is 238 g/mol. The van der Waals surface area contributed by atoms with E-state index >= 15 is 0 Å². The van der Waals surface area contributed by atoms with E-state index in [9.17, 15) is 4.79 Å². The van der Waals surface area contributed by atoms with E-state index in [0.29, 0.717) is 6.54 Å². The predicted molar refractivity (Wildman–Crippen MR) is 76.0 cm³/mol. The topological polar surface area (TPSA) is 38.3 Å². The minimum atomic E-state index is -0.412. The van der Waals surface area contributed by atoms with Crippen molar-refractivity contribution < 1.29 is 9.53 Å². The minimum Gasteiger partial charge on any atom is -0.459 e. The number of hydrogen-bond acceptors (Lipinski definition) is 3. The highest BCUT2D eigenvalue weighted by atomic mass is 16.6. The van der Waals surface area contributed by atoms with Crippen molar-refractivity contribution >= 4 is 5.97 Å². The largest absolute Gasteiger partial charge is 0.459 e. The highest BCUT2D eigenvalue weighted by molar-refractivity contribution is 5.72. The Balaban J connectivity index is 1.71. The molecule has 1 aliphatic rings. The Labute approximate surface area is 115 Å². The predicted octanol–water partition coefficient (Wildman–Crippen LogP) is 3.00. The summed E-state index contributed by atoms with van der Waals surface area (Å²) in [6, 6.07) is 8.66. The smallest absolute Gasteiger partial charge is 0.320 e. The first kappa shape index (κ1) is 14.1. The van der Waals surface area contributed by atoms with Crippen LogP contribution in [0.5, 0.6) is 0 Å². The van der Waals surface area contributed by atoms with Gasteiger partial charge in [-0.15, -0.1) is 0 Å². The van der Waals surface area contributed by atoms with Gasteiger partial charge in [-0.2, -0.15) is 0 Å². The average molecular weight is 261 g/mol. The lowest BCUT2D eigenvalue weighted by Crippen LogP contribution is -2.31. The summed E-state index contributed by atoms with van der Waals surface area (Å²) >= 11 is 0. The lowest BCUT2D eigenvalue weighted by molar-refractivity contribution is -0.153. The lowest BCUT2D eigenvalue weighted by atomic mass is 10.1. The third kappa shape index (κ3) is 5.03. The summed E-state index contributed by atoms with van der Waals surface area (Å²) in [5.41, 5.74) is 2.23. The highest BCUT2D eigenvalue weighted by Gasteiger charge is 2.22. The number of carbonyl (C=O) groups excluding carboxylic acids is 1. The zero-order valence-corrected chi connectivity index (χ0v) is 12.0. The summed E-state index contributed by atoms with van der Waals surface area (Å²) < 4.78 is 5.23. The summed E-state index contributed by atoms with van der Waals surface area (Å²) in [5.74, 6) is 0.589. The molecular formula is C16H23NO2. The van der Waals surface area contributed by atoms with Crippen molar-refractivity contribution in [2.75, 3.05) is 6.54 Å². The van der Waals surface area contributed by atoms with Gasteiger partial charge in [-0.25, -0.2) is 0 Å². The molecule has 0 atom stereocenters. The van der Waals surface area contributed by atoms with Crippen LogP contribution in [-0.4, -0.2) is 18.1 Å². The third-order valence-electron chi connectivity index (χ3n) is 3.05. The number of benzene rings is 1. The number of esters is 1. The molecule has 0 spiro atoms. The maximum Gasteiger partial charge on any atom is 0.320 e. The van der Waals surface area contributed by atoms with Crippen LogP contribution in [0.4, 0.5) is 0 Å². The normalized spacial score (nSPS) is 15.3. The lowest BCUT2D eigenvalue weighted by Gasteiger charge is -2.19. The second-order valence-corrected chi connectivity index (χ2v) is 6.21. The van der Waals surface area contributed by atoms with Gasteiger partial charge in [-0.3, -0.25) is 4.79 Å². The zero-order chi connectivity index (χ0) is 13.9. The van der Waals surface area contributed by atoms with Gasteiger partial charge in [0.1, 0.15) is 5.60 Å². The molecule has 0 aliphatic heterocycles. The molecule has 1 saturated carbocycles. The maximum atomic E-state index is 11.5. The van der Waals surface area contributed by atoms with Gasteiger partial charge in [0.05, 0.1) is 6.54 Å². The second kappa shape index (κ2) is 5.74. The Morgan fingerprint density at radius 2 is 1.89 bits per heavy atom. The number of nitrogens with one attached hydrogen (secondary N) is 1. The third-order valence-corrected chi connectivity index (χ3v) is 3.05. The second-order valence-electron chi connectivity index (χ2n) is 6.21. The Morgan fingerprint density at radius 1 is 1.26 bits per heavy atom. The summed E-state index contributed by atoms with van der Waals surface area (Å²) in [5, 5.41) is 3.11. The fraction of sp³-hybridized carbons (Fsp3) is 0.562. The van der Waals surface area contributed by atoms with Crippen LogP contribution in [0.25, 0.3) is 0 Å². The van der Waals surface area contributed by atoms with Crippen LogP contribution in [0.15, 0.2) is 24.3 Å². The van der Waals surface area contributed by atoms with Crippen molar-refractivity contribution in [3.8, 4) is 0 Å². The van der Waals surface area contributed by atoms with Crippen LogP contribution in [0.2, 0.25) is 0 Å². The van der Waals surface area contributed by atoms with Crippen molar-refractivity contribution in [1.82, 2.24) is 5.32 Å². The Bertz CT molecular complexity index is 427. The number of carbonyl (C=O) groups is 1. The number of rotatable bonds is 5. The van der Waals surface area contributed by atoms with Gasteiger partial charge in [0.25, 0.3) is 0 Å². The molecule has 0 amide bonds. The van der Waals surface area contributed by atoms with Crippen molar-refractivity contribution in [2.24, 2.45) is 0 Å². The molecule has 3 nitrogen and oxygen atoms in total. The first-order valence-corrected chi connectivity index (χ1v) is 6.95. The molecule has 0 radical (unpaired) electrons. The zero-order valence-electron chi connectivity index (χ0n) is 12.0. The van der Waals surface area contributed by atoms with E-state index in [2.05, 4.69) is 29.6 Å². The summed E-state index contributed by atoms with van der Waals surface area (Å²) in [4.78, 5) is 11.5. The standard InChI is InChI=1S/C16H23NO2/c1-16(2,3)19-15(18)11-17-10-12-4-6-13(7-5-12)14-8-9-14/h4-7,14,17H,8-11H2,1-3H3. The first-order valence-electron chi connectivity index (χ1n) is 6.95. The van der Waals surface area contributed by atoms with E-state index in [4.69, 9.17) is 4.74 Å². The Kier molecular flexibility index (Phi) is 4.25. The van der Waals surface area contributed by atoms with E-state index in [0.717, 1.165) is 5.92 Å². The van der Waals surface area contributed by atoms with Gasteiger partial charge < -0.3 is 10.1 Å².